The predicted octanol–water partition coefficient (Wildman–Crippen LogP) is 3.33. The minimum atomic E-state index is 0.653. The second-order valence-corrected chi connectivity index (χ2v) is 5.54. The fourth-order valence-corrected chi connectivity index (χ4v) is 2.13. The molecule has 3 nitrogen and oxygen atoms in total. The number of halogens is 1. The van der Waals surface area contributed by atoms with Crippen LogP contribution in [0.3, 0.4) is 0 Å². The van der Waals surface area contributed by atoms with Gasteiger partial charge in [0.15, 0.2) is 0 Å². The highest BCUT2D eigenvalue weighted by molar-refractivity contribution is 6.31. The Bertz CT molecular complexity index is 520. The summed E-state index contributed by atoms with van der Waals surface area (Å²) in [5.74, 6) is 0.653. The smallest absolute Gasteiger partial charge is 0.0951 e. The van der Waals surface area contributed by atoms with Gasteiger partial charge in [-0.15, -0.1) is 0 Å². The second-order valence-electron chi connectivity index (χ2n) is 5.13. The molecule has 0 unspecified atom stereocenters. The van der Waals surface area contributed by atoms with Crippen molar-refractivity contribution in [3.63, 3.8) is 0 Å². The molecule has 0 aliphatic rings. The van der Waals surface area contributed by atoms with E-state index in [-0.39, 0.29) is 0 Å². The second kappa shape index (κ2) is 6.73. The molecule has 102 valence electrons. The van der Waals surface area contributed by atoms with Gasteiger partial charge in [0.25, 0.3) is 0 Å². The highest BCUT2D eigenvalue weighted by Crippen LogP contribution is 2.16. The standard InChI is InChI=1S/C15H20ClN3/c1-12(2)7-17-8-14-9-18-11-19(14)10-13-5-3-4-6-15(13)16/h3-6,9,11-12,17H,7-8,10H2,1-2H3. The van der Waals surface area contributed by atoms with Crippen LogP contribution in [0.15, 0.2) is 36.8 Å². The lowest BCUT2D eigenvalue weighted by Crippen LogP contribution is -2.20. The van der Waals surface area contributed by atoms with Crippen molar-refractivity contribution in [2.24, 2.45) is 5.92 Å². The van der Waals surface area contributed by atoms with Gasteiger partial charge in [0.1, 0.15) is 0 Å². The van der Waals surface area contributed by atoms with E-state index in [2.05, 4.69) is 28.7 Å². The lowest BCUT2D eigenvalue weighted by atomic mass is 10.2. The minimum absolute atomic E-state index is 0.653. The van der Waals surface area contributed by atoms with Gasteiger partial charge in [-0.1, -0.05) is 43.6 Å². The van der Waals surface area contributed by atoms with Crippen LogP contribution in [0.5, 0.6) is 0 Å². The summed E-state index contributed by atoms with van der Waals surface area (Å²) in [4.78, 5) is 4.23. The zero-order valence-corrected chi connectivity index (χ0v) is 12.2. The minimum Gasteiger partial charge on any atom is -0.329 e. The van der Waals surface area contributed by atoms with E-state index in [9.17, 15) is 0 Å². The summed E-state index contributed by atoms with van der Waals surface area (Å²) in [6.45, 7) is 7.01. The van der Waals surface area contributed by atoms with Crippen molar-refractivity contribution in [1.82, 2.24) is 14.9 Å². The van der Waals surface area contributed by atoms with Gasteiger partial charge >= 0.3 is 0 Å². The van der Waals surface area contributed by atoms with Crippen LogP contribution in [0.1, 0.15) is 25.1 Å². The average molecular weight is 278 g/mol. The molecule has 0 fully saturated rings. The molecule has 19 heavy (non-hydrogen) atoms. The first-order chi connectivity index (χ1) is 9.16. The van der Waals surface area contributed by atoms with Gasteiger partial charge in [-0.25, -0.2) is 4.98 Å². The van der Waals surface area contributed by atoms with E-state index in [0.717, 1.165) is 30.2 Å². The number of aromatic nitrogens is 2. The average Bonchev–Trinajstić information content (AvgIpc) is 2.79. The molecule has 0 aliphatic heterocycles. The number of hydrogen-bond donors (Lipinski definition) is 1. The first-order valence-corrected chi connectivity index (χ1v) is 6.97. The Kier molecular flexibility index (Phi) is 5.00. The van der Waals surface area contributed by atoms with Gasteiger partial charge in [0.2, 0.25) is 0 Å². The maximum Gasteiger partial charge on any atom is 0.0951 e. The molecule has 2 aromatic rings. The molecule has 0 spiro atoms. The van der Waals surface area contributed by atoms with Gasteiger partial charge < -0.3 is 9.88 Å². The van der Waals surface area contributed by atoms with E-state index in [4.69, 9.17) is 11.6 Å². The van der Waals surface area contributed by atoms with E-state index < -0.39 is 0 Å². The third-order valence-electron chi connectivity index (χ3n) is 2.96. The molecule has 1 aromatic heterocycles. The highest BCUT2D eigenvalue weighted by atomic mass is 35.5. The molecule has 1 heterocycles. The van der Waals surface area contributed by atoms with Gasteiger partial charge in [0, 0.05) is 17.8 Å². The molecule has 1 N–H and O–H groups in total. The van der Waals surface area contributed by atoms with Crippen molar-refractivity contribution in [1.29, 1.82) is 0 Å². The summed E-state index contributed by atoms with van der Waals surface area (Å²) in [7, 11) is 0. The zero-order valence-electron chi connectivity index (χ0n) is 11.4. The monoisotopic (exact) mass is 277 g/mol. The number of rotatable bonds is 6. The molecule has 0 atom stereocenters. The molecule has 0 radical (unpaired) electrons. The fraction of sp³-hybridized carbons (Fsp3) is 0.400. The molecule has 1 aromatic carbocycles. The fourth-order valence-electron chi connectivity index (χ4n) is 1.94. The van der Waals surface area contributed by atoms with E-state index in [1.807, 2.05) is 36.8 Å². The third kappa shape index (κ3) is 4.08. The number of imidazole rings is 1. The maximum absolute atomic E-state index is 6.19. The SMILES string of the molecule is CC(C)CNCc1cncn1Cc1ccccc1Cl. The Hall–Kier alpha value is -1.32. The molecule has 0 aliphatic carbocycles. The van der Waals surface area contributed by atoms with Gasteiger partial charge in [0.05, 0.1) is 18.6 Å². The summed E-state index contributed by atoms with van der Waals surface area (Å²) >= 11 is 6.19. The third-order valence-corrected chi connectivity index (χ3v) is 3.32. The molecule has 2 rings (SSSR count). The first kappa shape index (κ1) is 14.1. The predicted molar refractivity (Wildman–Crippen MR) is 79.3 cm³/mol. The van der Waals surface area contributed by atoms with Crippen LogP contribution in [-0.2, 0) is 13.1 Å². The number of hydrogen-bond acceptors (Lipinski definition) is 2. The van der Waals surface area contributed by atoms with E-state index in [0.29, 0.717) is 5.92 Å². The normalized spacial score (nSPS) is 11.2. The Morgan fingerprint density at radius 3 is 2.84 bits per heavy atom. The topological polar surface area (TPSA) is 29.9 Å². The summed E-state index contributed by atoms with van der Waals surface area (Å²) in [6.07, 6.45) is 3.76. The summed E-state index contributed by atoms with van der Waals surface area (Å²) < 4.78 is 2.13. The van der Waals surface area contributed by atoms with Crippen molar-refractivity contribution in [2.75, 3.05) is 6.54 Å². The van der Waals surface area contributed by atoms with Crippen molar-refractivity contribution < 1.29 is 0 Å². The Balaban J connectivity index is 2.01. The van der Waals surface area contributed by atoms with Crippen LogP contribution in [0, 0.1) is 5.92 Å². The Morgan fingerprint density at radius 2 is 2.11 bits per heavy atom. The summed E-state index contributed by atoms with van der Waals surface area (Å²) in [6, 6.07) is 7.93. The highest BCUT2D eigenvalue weighted by Gasteiger charge is 2.05. The van der Waals surface area contributed by atoms with Crippen molar-refractivity contribution in [3.8, 4) is 0 Å². The van der Waals surface area contributed by atoms with Crippen LogP contribution in [-0.4, -0.2) is 16.1 Å². The van der Waals surface area contributed by atoms with Crippen molar-refractivity contribution in [3.05, 3.63) is 53.1 Å². The summed E-state index contributed by atoms with van der Waals surface area (Å²) in [5, 5.41) is 4.24. The van der Waals surface area contributed by atoms with E-state index >= 15 is 0 Å². The zero-order chi connectivity index (χ0) is 13.7. The van der Waals surface area contributed by atoms with Crippen LogP contribution in [0.25, 0.3) is 0 Å². The Labute approximate surface area is 119 Å². The number of nitrogens with zero attached hydrogens (tertiary/aromatic N) is 2. The maximum atomic E-state index is 6.19. The largest absolute Gasteiger partial charge is 0.329 e. The first-order valence-electron chi connectivity index (χ1n) is 6.60. The summed E-state index contributed by atoms with van der Waals surface area (Å²) in [5.41, 5.74) is 2.30. The van der Waals surface area contributed by atoms with Crippen molar-refractivity contribution in [2.45, 2.75) is 26.9 Å². The van der Waals surface area contributed by atoms with Crippen LogP contribution in [0.4, 0.5) is 0 Å². The lowest BCUT2D eigenvalue weighted by Gasteiger charge is -2.11. The van der Waals surface area contributed by atoms with Crippen LogP contribution >= 0.6 is 11.6 Å². The molecular formula is C15H20ClN3. The van der Waals surface area contributed by atoms with Gasteiger partial charge in [-0.3, -0.25) is 0 Å². The van der Waals surface area contributed by atoms with Crippen LogP contribution in [0.2, 0.25) is 5.02 Å². The molecule has 0 saturated carbocycles. The molecule has 0 amide bonds. The molecule has 0 bridgehead atoms. The number of benzene rings is 1. The molecular weight excluding hydrogens is 258 g/mol. The molecule has 0 saturated heterocycles. The van der Waals surface area contributed by atoms with Gasteiger partial charge in [-0.2, -0.15) is 0 Å². The van der Waals surface area contributed by atoms with E-state index in [1.165, 1.54) is 5.69 Å². The quantitative estimate of drug-likeness (QED) is 0.878. The van der Waals surface area contributed by atoms with Crippen molar-refractivity contribution >= 4 is 11.6 Å². The Morgan fingerprint density at radius 1 is 1.32 bits per heavy atom. The lowest BCUT2D eigenvalue weighted by molar-refractivity contribution is 0.539. The van der Waals surface area contributed by atoms with E-state index in [1.54, 1.807) is 0 Å². The van der Waals surface area contributed by atoms with Crippen LogP contribution < -0.4 is 5.32 Å². The number of nitrogens with one attached hydrogen (secondary N) is 1. The van der Waals surface area contributed by atoms with Gasteiger partial charge in [-0.05, 0) is 24.1 Å². The molecule has 4 heteroatoms.